The summed E-state index contributed by atoms with van der Waals surface area (Å²) in [5.41, 5.74) is 0. The van der Waals surface area contributed by atoms with Gasteiger partial charge in [-0.25, -0.2) is 13.1 Å². The minimum absolute atomic E-state index is 0.394. The van der Waals surface area contributed by atoms with E-state index in [1.54, 1.807) is 0 Å². The first kappa shape index (κ1) is 16.4. The van der Waals surface area contributed by atoms with Crippen LogP contribution in [0.5, 0.6) is 0 Å². The lowest BCUT2D eigenvalue weighted by molar-refractivity contribution is -0.122. The maximum Gasteiger partial charge on any atom is 0.475 e. The van der Waals surface area contributed by atoms with Crippen LogP contribution in [0.25, 0.3) is 0 Å². The van der Waals surface area contributed by atoms with Crippen LogP contribution in [0.1, 0.15) is 32.6 Å². The Morgan fingerprint density at radius 1 is 1.42 bits per heavy atom. The highest BCUT2D eigenvalue weighted by atomic mass is 32.2. The Balaban J connectivity index is 2.50. The lowest BCUT2D eigenvalue weighted by Crippen LogP contribution is -2.53. The monoisotopic (exact) mass is 292 g/mol. The normalized spacial score (nSPS) is 19.4. The molecule has 0 aromatic carbocycles. The van der Waals surface area contributed by atoms with Gasteiger partial charge in [0.15, 0.2) is 0 Å². The molecular formula is C10H21BN2O5S. The van der Waals surface area contributed by atoms with Crippen molar-refractivity contribution in [1.29, 1.82) is 0 Å². The topological polar surface area (TPSA) is 116 Å². The van der Waals surface area contributed by atoms with E-state index >= 15 is 0 Å². The Morgan fingerprint density at radius 3 is 2.37 bits per heavy atom. The van der Waals surface area contributed by atoms with Gasteiger partial charge in [-0.05, 0) is 19.3 Å². The van der Waals surface area contributed by atoms with Crippen molar-refractivity contribution in [3.63, 3.8) is 0 Å². The summed E-state index contributed by atoms with van der Waals surface area (Å²) in [5, 5.41) is 21.0. The van der Waals surface area contributed by atoms with E-state index in [1.807, 2.05) is 0 Å². The molecule has 1 aliphatic rings. The molecule has 9 heteroatoms. The highest BCUT2D eigenvalue weighted by Gasteiger charge is 2.32. The molecule has 1 saturated carbocycles. The van der Waals surface area contributed by atoms with E-state index in [2.05, 4.69) is 10.0 Å². The number of hydrogen-bond acceptors (Lipinski definition) is 5. The van der Waals surface area contributed by atoms with Crippen molar-refractivity contribution in [2.24, 2.45) is 5.92 Å². The molecule has 2 atom stereocenters. The van der Waals surface area contributed by atoms with Gasteiger partial charge in [-0.1, -0.05) is 19.3 Å². The van der Waals surface area contributed by atoms with E-state index in [0.717, 1.165) is 25.5 Å². The van der Waals surface area contributed by atoms with Gasteiger partial charge >= 0.3 is 7.12 Å². The summed E-state index contributed by atoms with van der Waals surface area (Å²) in [6, 6.07) is -0.947. The number of hydrogen-bond donors (Lipinski definition) is 4. The highest BCUT2D eigenvalue weighted by molar-refractivity contribution is 7.88. The number of carbonyl (C=O) groups is 1. The van der Waals surface area contributed by atoms with Crippen LogP contribution in [0.4, 0.5) is 0 Å². The third-order valence-corrected chi connectivity index (χ3v) is 4.07. The Morgan fingerprint density at radius 2 is 2.00 bits per heavy atom. The summed E-state index contributed by atoms with van der Waals surface area (Å²) in [6.07, 6.45) is 4.63. The first-order chi connectivity index (χ1) is 8.69. The van der Waals surface area contributed by atoms with Crippen molar-refractivity contribution >= 4 is 23.0 Å². The SMILES string of the molecule is CC(NS(C)(=O)=O)C(=O)N[C@@H](CC1CCC1)B(O)O. The molecule has 110 valence electrons. The van der Waals surface area contributed by atoms with E-state index in [4.69, 9.17) is 0 Å². The van der Waals surface area contributed by atoms with Gasteiger partial charge in [0.25, 0.3) is 0 Å². The molecule has 1 rings (SSSR count). The van der Waals surface area contributed by atoms with Gasteiger partial charge in [0.1, 0.15) is 0 Å². The predicted octanol–water partition coefficient (Wildman–Crippen LogP) is -1.39. The summed E-state index contributed by atoms with van der Waals surface area (Å²) < 4.78 is 24.2. The Hall–Kier alpha value is -0.635. The van der Waals surface area contributed by atoms with Gasteiger partial charge < -0.3 is 15.4 Å². The van der Waals surface area contributed by atoms with Gasteiger partial charge in [0.2, 0.25) is 15.9 Å². The maximum absolute atomic E-state index is 11.8. The van der Waals surface area contributed by atoms with Crippen molar-refractivity contribution in [3.05, 3.63) is 0 Å². The largest absolute Gasteiger partial charge is 0.475 e. The summed E-state index contributed by atoms with van der Waals surface area (Å²) >= 11 is 0. The van der Waals surface area contributed by atoms with Crippen LogP contribution in [0, 0.1) is 5.92 Å². The molecule has 4 N–H and O–H groups in total. The quantitative estimate of drug-likeness (QED) is 0.431. The van der Waals surface area contributed by atoms with Crippen molar-refractivity contribution in [2.75, 3.05) is 6.26 Å². The molecule has 0 aromatic rings. The van der Waals surface area contributed by atoms with E-state index < -0.39 is 35.0 Å². The Kier molecular flexibility index (Phi) is 5.78. The minimum Gasteiger partial charge on any atom is -0.426 e. The second kappa shape index (κ2) is 6.69. The van der Waals surface area contributed by atoms with E-state index in [1.165, 1.54) is 6.92 Å². The molecule has 0 aliphatic heterocycles. The van der Waals surface area contributed by atoms with E-state index in [0.29, 0.717) is 12.3 Å². The molecule has 0 aromatic heterocycles. The van der Waals surface area contributed by atoms with Crippen LogP contribution < -0.4 is 10.0 Å². The Labute approximate surface area is 114 Å². The van der Waals surface area contributed by atoms with E-state index in [9.17, 15) is 23.3 Å². The second-order valence-electron chi connectivity index (χ2n) is 5.17. The fraction of sp³-hybridized carbons (Fsp3) is 0.900. The first-order valence-corrected chi connectivity index (χ1v) is 8.22. The van der Waals surface area contributed by atoms with Crippen LogP contribution >= 0.6 is 0 Å². The zero-order chi connectivity index (χ0) is 14.6. The average molecular weight is 292 g/mol. The van der Waals surface area contributed by atoms with Crippen LogP contribution in [0.2, 0.25) is 0 Å². The summed E-state index contributed by atoms with van der Waals surface area (Å²) in [4.78, 5) is 11.8. The molecule has 0 saturated heterocycles. The molecule has 0 bridgehead atoms. The molecule has 0 radical (unpaired) electrons. The molecule has 7 nitrogen and oxygen atoms in total. The lowest BCUT2D eigenvalue weighted by Gasteiger charge is -2.30. The molecule has 0 spiro atoms. The van der Waals surface area contributed by atoms with Crippen molar-refractivity contribution in [1.82, 2.24) is 10.0 Å². The second-order valence-corrected chi connectivity index (χ2v) is 6.95. The number of nitrogens with one attached hydrogen (secondary N) is 2. The van der Waals surface area contributed by atoms with Crippen LogP contribution in [-0.2, 0) is 14.8 Å². The van der Waals surface area contributed by atoms with Gasteiger partial charge in [-0.15, -0.1) is 0 Å². The zero-order valence-corrected chi connectivity index (χ0v) is 12.0. The van der Waals surface area contributed by atoms with Gasteiger partial charge in [-0.2, -0.15) is 0 Å². The molecule has 1 fully saturated rings. The predicted molar refractivity (Wildman–Crippen MR) is 71.5 cm³/mol. The van der Waals surface area contributed by atoms with Gasteiger partial charge in [0.05, 0.1) is 18.2 Å². The Bertz CT molecular complexity index is 410. The van der Waals surface area contributed by atoms with Crippen LogP contribution in [0.3, 0.4) is 0 Å². The standard InChI is InChI=1S/C10H21BN2O5S/c1-7(13-19(2,17)18)10(14)12-9(11(15)16)6-8-4-3-5-8/h7-9,13,15-16H,3-6H2,1-2H3,(H,12,14)/t7?,9-/m0/s1. The van der Waals surface area contributed by atoms with Crippen molar-refractivity contribution < 1.29 is 23.3 Å². The van der Waals surface area contributed by atoms with Crippen LogP contribution in [-0.4, -0.2) is 49.7 Å². The fourth-order valence-corrected chi connectivity index (χ4v) is 2.77. The van der Waals surface area contributed by atoms with Gasteiger partial charge in [0, 0.05) is 0 Å². The fourth-order valence-electron chi connectivity index (χ4n) is 2.03. The number of sulfonamides is 1. The number of rotatable bonds is 7. The highest BCUT2D eigenvalue weighted by Crippen LogP contribution is 2.30. The average Bonchev–Trinajstić information content (AvgIpc) is 2.17. The summed E-state index contributed by atoms with van der Waals surface area (Å²) in [7, 11) is -5.12. The smallest absolute Gasteiger partial charge is 0.426 e. The van der Waals surface area contributed by atoms with Crippen molar-refractivity contribution in [2.45, 2.75) is 44.6 Å². The molecule has 19 heavy (non-hydrogen) atoms. The number of carbonyl (C=O) groups excluding carboxylic acids is 1. The first-order valence-electron chi connectivity index (χ1n) is 6.33. The van der Waals surface area contributed by atoms with E-state index in [-0.39, 0.29) is 0 Å². The molecule has 1 unspecified atom stereocenters. The molecule has 1 aliphatic carbocycles. The number of amides is 1. The minimum atomic E-state index is -3.48. The molecule has 1 amide bonds. The zero-order valence-electron chi connectivity index (χ0n) is 11.2. The maximum atomic E-state index is 11.8. The molecule has 0 heterocycles. The third kappa shape index (κ3) is 5.90. The summed E-state index contributed by atoms with van der Waals surface area (Å²) in [6.45, 7) is 1.40. The summed E-state index contributed by atoms with van der Waals surface area (Å²) in [5.74, 6) is -0.935. The van der Waals surface area contributed by atoms with Crippen LogP contribution in [0.15, 0.2) is 0 Å². The van der Waals surface area contributed by atoms with Crippen molar-refractivity contribution in [3.8, 4) is 0 Å². The van der Waals surface area contributed by atoms with Gasteiger partial charge in [-0.3, -0.25) is 4.79 Å². The molecular weight excluding hydrogens is 271 g/mol. The lowest BCUT2D eigenvalue weighted by atomic mass is 9.70. The third-order valence-electron chi connectivity index (χ3n) is 3.28.